The van der Waals surface area contributed by atoms with Crippen LogP contribution in [0.2, 0.25) is 0 Å². The third kappa shape index (κ3) is 3.69. The first-order chi connectivity index (χ1) is 8.81. The second-order valence-electron chi connectivity index (χ2n) is 5.60. The zero-order valence-corrected chi connectivity index (χ0v) is 11.2. The molecule has 0 radical (unpaired) electrons. The summed E-state index contributed by atoms with van der Waals surface area (Å²) in [5, 5.41) is 12.3. The number of carbonyl (C=O) groups is 1. The molecule has 18 heavy (non-hydrogen) atoms. The van der Waals surface area contributed by atoms with Gasteiger partial charge in [-0.3, -0.25) is 4.79 Å². The Morgan fingerprint density at radius 1 is 1.28 bits per heavy atom. The van der Waals surface area contributed by atoms with Crippen molar-refractivity contribution in [2.75, 3.05) is 19.7 Å². The number of aliphatic hydroxyl groups is 1. The second-order valence-corrected chi connectivity index (χ2v) is 5.60. The maximum atomic E-state index is 12.3. The Morgan fingerprint density at radius 2 is 2.17 bits per heavy atom. The summed E-state index contributed by atoms with van der Waals surface area (Å²) in [6.07, 6.45) is 8.31. The Labute approximate surface area is 110 Å². The molecule has 0 aromatic carbocycles. The zero-order valence-electron chi connectivity index (χ0n) is 11.2. The number of rotatable bonds is 5. The summed E-state index contributed by atoms with van der Waals surface area (Å²) in [5.41, 5.74) is 0. The fourth-order valence-electron chi connectivity index (χ4n) is 3.22. The van der Waals surface area contributed by atoms with Gasteiger partial charge in [-0.15, -0.1) is 0 Å². The molecular weight excluding hydrogens is 228 g/mol. The summed E-state index contributed by atoms with van der Waals surface area (Å²) in [4.78, 5) is 14.4. The van der Waals surface area contributed by atoms with E-state index in [9.17, 15) is 4.79 Å². The Morgan fingerprint density at radius 3 is 2.89 bits per heavy atom. The minimum Gasteiger partial charge on any atom is -0.396 e. The highest BCUT2D eigenvalue weighted by Gasteiger charge is 2.29. The molecule has 2 saturated heterocycles. The first kappa shape index (κ1) is 13.8. The van der Waals surface area contributed by atoms with Gasteiger partial charge in [-0.1, -0.05) is 6.42 Å². The van der Waals surface area contributed by atoms with Crippen LogP contribution in [0.5, 0.6) is 0 Å². The number of nitrogens with zero attached hydrogens (tertiary/aromatic N) is 1. The monoisotopic (exact) mass is 254 g/mol. The van der Waals surface area contributed by atoms with Crippen molar-refractivity contribution in [1.82, 2.24) is 10.2 Å². The highest BCUT2D eigenvalue weighted by Crippen LogP contribution is 2.23. The van der Waals surface area contributed by atoms with Crippen molar-refractivity contribution < 1.29 is 9.90 Å². The maximum absolute atomic E-state index is 12.3. The van der Waals surface area contributed by atoms with Crippen LogP contribution in [0.3, 0.4) is 0 Å². The molecule has 2 N–H and O–H groups in total. The van der Waals surface area contributed by atoms with E-state index in [1.54, 1.807) is 0 Å². The van der Waals surface area contributed by atoms with Crippen molar-refractivity contribution in [3.63, 3.8) is 0 Å². The first-order valence-corrected chi connectivity index (χ1v) is 7.45. The molecular formula is C14H26N2O2. The lowest BCUT2D eigenvalue weighted by atomic mass is 10.0. The largest absolute Gasteiger partial charge is 0.396 e. The van der Waals surface area contributed by atoms with Crippen molar-refractivity contribution in [3.05, 3.63) is 0 Å². The van der Waals surface area contributed by atoms with Gasteiger partial charge in [0.15, 0.2) is 0 Å². The zero-order chi connectivity index (χ0) is 12.8. The molecule has 4 nitrogen and oxygen atoms in total. The molecule has 2 aliphatic heterocycles. The van der Waals surface area contributed by atoms with Gasteiger partial charge in [0.25, 0.3) is 0 Å². The Balaban J connectivity index is 1.79. The Bertz CT molecular complexity index is 265. The van der Waals surface area contributed by atoms with Gasteiger partial charge < -0.3 is 15.3 Å². The lowest BCUT2D eigenvalue weighted by Crippen LogP contribution is -2.42. The van der Waals surface area contributed by atoms with Crippen molar-refractivity contribution >= 4 is 5.91 Å². The Kier molecular flexibility index (Phi) is 5.45. The van der Waals surface area contributed by atoms with Gasteiger partial charge >= 0.3 is 0 Å². The Hall–Kier alpha value is -0.610. The van der Waals surface area contributed by atoms with Gasteiger partial charge in [-0.25, -0.2) is 0 Å². The number of likely N-dealkylation sites (tertiary alicyclic amines) is 1. The molecule has 2 aliphatic rings. The molecule has 0 saturated carbocycles. The van der Waals surface area contributed by atoms with Crippen LogP contribution in [-0.2, 0) is 4.79 Å². The maximum Gasteiger partial charge on any atom is 0.224 e. The van der Waals surface area contributed by atoms with E-state index in [0.29, 0.717) is 24.4 Å². The molecule has 2 atom stereocenters. The van der Waals surface area contributed by atoms with Crippen LogP contribution in [0.4, 0.5) is 0 Å². The van der Waals surface area contributed by atoms with E-state index in [0.717, 1.165) is 45.2 Å². The molecule has 2 fully saturated rings. The predicted molar refractivity (Wildman–Crippen MR) is 71.3 cm³/mol. The van der Waals surface area contributed by atoms with Gasteiger partial charge in [0, 0.05) is 31.7 Å². The van der Waals surface area contributed by atoms with E-state index in [2.05, 4.69) is 10.2 Å². The number of hydrogen-bond acceptors (Lipinski definition) is 3. The highest BCUT2D eigenvalue weighted by atomic mass is 16.3. The van der Waals surface area contributed by atoms with Crippen LogP contribution in [0.1, 0.15) is 51.4 Å². The SMILES string of the molecule is O=C(CC1CCCCN1)N1CCCC1CCCO. The van der Waals surface area contributed by atoms with E-state index < -0.39 is 0 Å². The molecule has 0 aliphatic carbocycles. The summed E-state index contributed by atoms with van der Waals surface area (Å²) >= 11 is 0. The molecule has 0 aromatic heterocycles. The molecule has 2 heterocycles. The molecule has 2 unspecified atom stereocenters. The van der Waals surface area contributed by atoms with E-state index >= 15 is 0 Å². The standard InChI is InChI=1S/C14H26N2O2/c17-10-4-7-13-6-3-9-16(13)14(18)11-12-5-1-2-8-15-12/h12-13,15,17H,1-11H2. The summed E-state index contributed by atoms with van der Waals surface area (Å²) in [6, 6.07) is 0.776. The van der Waals surface area contributed by atoms with Crippen LogP contribution in [0.15, 0.2) is 0 Å². The van der Waals surface area contributed by atoms with E-state index in [1.165, 1.54) is 12.8 Å². The van der Waals surface area contributed by atoms with Gasteiger partial charge in [0.1, 0.15) is 0 Å². The van der Waals surface area contributed by atoms with Gasteiger partial charge in [-0.2, -0.15) is 0 Å². The normalized spacial score (nSPS) is 28.6. The summed E-state index contributed by atoms with van der Waals surface area (Å²) in [6.45, 7) is 2.22. The first-order valence-electron chi connectivity index (χ1n) is 7.45. The second kappa shape index (κ2) is 7.10. The topological polar surface area (TPSA) is 52.6 Å². The third-order valence-electron chi connectivity index (χ3n) is 4.23. The molecule has 4 heteroatoms. The molecule has 1 amide bonds. The van der Waals surface area contributed by atoms with E-state index in [1.807, 2.05) is 0 Å². The fraction of sp³-hybridized carbons (Fsp3) is 0.929. The quantitative estimate of drug-likeness (QED) is 0.777. The lowest BCUT2D eigenvalue weighted by molar-refractivity contribution is -0.132. The van der Waals surface area contributed by atoms with Gasteiger partial charge in [0.2, 0.25) is 5.91 Å². The number of hydrogen-bond donors (Lipinski definition) is 2. The van der Waals surface area contributed by atoms with Crippen molar-refractivity contribution in [2.24, 2.45) is 0 Å². The minimum atomic E-state index is 0.239. The molecule has 0 aromatic rings. The fourth-order valence-corrected chi connectivity index (χ4v) is 3.22. The van der Waals surface area contributed by atoms with Gasteiger partial charge in [-0.05, 0) is 45.1 Å². The number of nitrogens with one attached hydrogen (secondary N) is 1. The molecule has 2 rings (SSSR count). The lowest BCUT2D eigenvalue weighted by Gasteiger charge is -2.28. The average Bonchev–Trinajstić information content (AvgIpc) is 2.86. The molecule has 0 spiro atoms. The van der Waals surface area contributed by atoms with Crippen LogP contribution in [-0.4, -0.2) is 47.7 Å². The van der Waals surface area contributed by atoms with Crippen molar-refractivity contribution in [1.29, 1.82) is 0 Å². The number of aliphatic hydroxyl groups excluding tert-OH is 1. The molecule has 104 valence electrons. The van der Waals surface area contributed by atoms with Crippen molar-refractivity contribution in [3.8, 4) is 0 Å². The number of piperidine rings is 1. The summed E-state index contributed by atoms with van der Waals surface area (Å²) in [7, 11) is 0. The minimum absolute atomic E-state index is 0.239. The van der Waals surface area contributed by atoms with Crippen LogP contribution >= 0.6 is 0 Å². The predicted octanol–water partition coefficient (Wildman–Crippen LogP) is 1.28. The average molecular weight is 254 g/mol. The third-order valence-corrected chi connectivity index (χ3v) is 4.23. The number of carbonyl (C=O) groups excluding carboxylic acids is 1. The smallest absolute Gasteiger partial charge is 0.224 e. The van der Waals surface area contributed by atoms with Gasteiger partial charge in [0.05, 0.1) is 0 Å². The number of amides is 1. The summed E-state index contributed by atoms with van der Waals surface area (Å²) in [5.74, 6) is 0.315. The van der Waals surface area contributed by atoms with Crippen molar-refractivity contribution in [2.45, 2.75) is 63.5 Å². The van der Waals surface area contributed by atoms with E-state index in [4.69, 9.17) is 5.11 Å². The van der Waals surface area contributed by atoms with Crippen LogP contribution < -0.4 is 5.32 Å². The van der Waals surface area contributed by atoms with Crippen LogP contribution in [0, 0.1) is 0 Å². The highest BCUT2D eigenvalue weighted by molar-refractivity contribution is 5.77. The summed E-state index contributed by atoms with van der Waals surface area (Å²) < 4.78 is 0. The van der Waals surface area contributed by atoms with E-state index in [-0.39, 0.29) is 6.61 Å². The molecule has 0 bridgehead atoms. The van der Waals surface area contributed by atoms with Crippen LogP contribution in [0.25, 0.3) is 0 Å².